The number of rotatable bonds is 9. The second kappa shape index (κ2) is 9.71. The molecule has 0 aromatic heterocycles. The summed E-state index contributed by atoms with van der Waals surface area (Å²) in [6.45, 7) is 8.72. The lowest BCUT2D eigenvalue weighted by molar-refractivity contribution is -0.123. The average Bonchev–Trinajstić information content (AvgIpc) is 2.68. The summed E-state index contributed by atoms with van der Waals surface area (Å²) >= 11 is 0. The van der Waals surface area contributed by atoms with Crippen LogP contribution in [0.3, 0.4) is 0 Å². The van der Waals surface area contributed by atoms with E-state index in [9.17, 15) is 13.2 Å². The lowest BCUT2D eigenvalue weighted by Crippen LogP contribution is -2.30. The fourth-order valence-corrected chi connectivity index (χ4v) is 4.15. The molecule has 0 saturated carbocycles. The van der Waals surface area contributed by atoms with E-state index >= 15 is 0 Å². The van der Waals surface area contributed by atoms with E-state index in [0.717, 1.165) is 11.1 Å². The Hall–Kier alpha value is -2.38. The number of sulfonamides is 1. The first-order valence-corrected chi connectivity index (χ1v) is 10.8. The number of amides is 1. The number of benzene rings is 2. The number of nitrogens with zero attached hydrogens (tertiary/aromatic N) is 1. The topological polar surface area (TPSA) is 75.7 Å². The van der Waals surface area contributed by atoms with Gasteiger partial charge in [-0.05, 0) is 54.8 Å². The molecule has 0 unspecified atom stereocenters. The predicted octanol–water partition coefficient (Wildman–Crippen LogP) is 3.03. The van der Waals surface area contributed by atoms with Crippen LogP contribution in [-0.2, 0) is 21.4 Å². The fourth-order valence-electron chi connectivity index (χ4n) is 2.70. The Morgan fingerprint density at radius 2 is 1.64 bits per heavy atom. The monoisotopic (exact) mass is 404 g/mol. The smallest absolute Gasteiger partial charge is 0.258 e. The molecule has 0 radical (unpaired) electrons. The van der Waals surface area contributed by atoms with E-state index < -0.39 is 10.0 Å². The largest absolute Gasteiger partial charge is 0.484 e. The number of hydrogen-bond acceptors (Lipinski definition) is 4. The van der Waals surface area contributed by atoms with Crippen LogP contribution in [-0.4, -0.2) is 38.3 Å². The number of carbonyl (C=O) groups excluding carboxylic acids is 1. The van der Waals surface area contributed by atoms with E-state index in [2.05, 4.69) is 5.32 Å². The van der Waals surface area contributed by atoms with E-state index in [4.69, 9.17) is 4.74 Å². The van der Waals surface area contributed by atoms with Crippen LogP contribution in [0.25, 0.3) is 0 Å². The molecule has 28 heavy (non-hydrogen) atoms. The molecule has 6 nitrogen and oxygen atoms in total. The summed E-state index contributed by atoms with van der Waals surface area (Å²) in [5.74, 6) is 0.419. The first-order valence-electron chi connectivity index (χ1n) is 9.33. The van der Waals surface area contributed by atoms with Gasteiger partial charge in [-0.25, -0.2) is 8.42 Å². The van der Waals surface area contributed by atoms with Gasteiger partial charge in [0, 0.05) is 19.6 Å². The van der Waals surface area contributed by atoms with Crippen LogP contribution < -0.4 is 10.1 Å². The van der Waals surface area contributed by atoms with Crippen molar-refractivity contribution in [2.24, 2.45) is 0 Å². The molecule has 2 aromatic rings. The lowest BCUT2D eigenvalue weighted by atomic mass is 10.1. The van der Waals surface area contributed by atoms with Crippen LogP contribution in [0.5, 0.6) is 5.75 Å². The number of nitrogens with one attached hydrogen (secondary N) is 1. The van der Waals surface area contributed by atoms with Gasteiger partial charge in [0.25, 0.3) is 5.91 Å². The molecule has 0 bridgehead atoms. The minimum Gasteiger partial charge on any atom is -0.484 e. The van der Waals surface area contributed by atoms with Gasteiger partial charge in [0.2, 0.25) is 10.0 Å². The number of carbonyl (C=O) groups is 1. The molecule has 2 rings (SSSR count). The lowest BCUT2D eigenvalue weighted by Gasteiger charge is -2.18. The third kappa shape index (κ3) is 5.56. The van der Waals surface area contributed by atoms with Crippen LogP contribution >= 0.6 is 0 Å². The van der Waals surface area contributed by atoms with E-state index in [1.807, 2.05) is 45.9 Å². The first-order chi connectivity index (χ1) is 13.3. The van der Waals surface area contributed by atoms with Crippen molar-refractivity contribution in [2.75, 3.05) is 19.7 Å². The highest BCUT2D eigenvalue weighted by molar-refractivity contribution is 7.89. The highest BCUT2D eigenvalue weighted by Crippen LogP contribution is 2.17. The summed E-state index contributed by atoms with van der Waals surface area (Å²) in [7, 11) is -3.47. The van der Waals surface area contributed by atoms with Crippen molar-refractivity contribution in [2.45, 2.75) is 39.1 Å². The number of ether oxygens (including phenoxy) is 1. The molecule has 0 fully saturated rings. The summed E-state index contributed by atoms with van der Waals surface area (Å²) in [6.07, 6.45) is 0. The van der Waals surface area contributed by atoms with Gasteiger partial charge in [-0.15, -0.1) is 0 Å². The van der Waals surface area contributed by atoms with Gasteiger partial charge in [0.05, 0.1) is 4.90 Å². The number of aryl methyl sites for hydroxylation is 2. The molecule has 0 atom stereocenters. The standard InChI is InChI=1S/C21H28N2O4S/c1-5-23(6-2)28(25,26)20-11-8-18(9-12-20)14-22-21(24)15-27-19-10-7-16(3)17(4)13-19/h7-13H,5-6,14-15H2,1-4H3,(H,22,24). The Morgan fingerprint density at radius 1 is 1.00 bits per heavy atom. The molecule has 0 aliphatic heterocycles. The van der Waals surface area contributed by atoms with Crippen LogP contribution in [0.1, 0.15) is 30.5 Å². The SMILES string of the molecule is CCN(CC)S(=O)(=O)c1ccc(CNC(=O)COc2ccc(C)c(C)c2)cc1. The normalized spacial score (nSPS) is 11.5. The molecule has 0 heterocycles. The molecule has 0 spiro atoms. The molecule has 0 saturated heterocycles. The summed E-state index contributed by atoms with van der Waals surface area (Å²) in [5.41, 5.74) is 3.10. The highest BCUT2D eigenvalue weighted by Gasteiger charge is 2.21. The molecule has 0 aliphatic rings. The predicted molar refractivity (Wildman–Crippen MR) is 110 cm³/mol. The Kier molecular flexibility index (Phi) is 7.60. The minimum atomic E-state index is -3.47. The molecular weight excluding hydrogens is 376 g/mol. The van der Waals surface area contributed by atoms with Crippen molar-refractivity contribution in [1.82, 2.24) is 9.62 Å². The second-order valence-corrected chi connectivity index (χ2v) is 8.48. The Balaban J connectivity index is 1.88. The van der Waals surface area contributed by atoms with Gasteiger partial charge >= 0.3 is 0 Å². The third-order valence-electron chi connectivity index (χ3n) is 4.60. The van der Waals surface area contributed by atoms with Crippen molar-refractivity contribution in [3.8, 4) is 5.75 Å². The molecular formula is C21H28N2O4S. The van der Waals surface area contributed by atoms with Crippen LogP contribution in [0.2, 0.25) is 0 Å². The van der Waals surface area contributed by atoms with Gasteiger partial charge in [-0.2, -0.15) is 4.31 Å². The average molecular weight is 405 g/mol. The molecule has 7 heteroatoms. The molecule has 152 valence electrons. The zero-order valence-electron chi connectivity index (χ0n) is 16.9. The maximum Gasteiger partial charge on any atom is 0.258 e. The Morgan fingerprint density at radius 3 is 2.21 bits per heavy atom. The fraction of sp³-hybridized carbons (Fsp3) is 0.381. The van der Waals surface area contributed by atoms with Gasteiger partial charge in [0.15, 0.2) is 6.61 Å². The van der Waals surface area contributed by atoms with Crippen molar-refractivity contribution in [3.05, 3.63) is 59.2 Å². The zero-order chi connectivity index (χ0) is 20.7. The van der Waals surface area contributed by atoms with Gasteiger partial charge in [0.1, 0.15) is 5.75 Å². The Bertz CT molecular complexity index is 905. The van der Waals surface area contributed by atoms with Crippen LogP contribution in [0.15, 0.2) is 47.4 Å². The number of hydrogen-bond donors (Lipinski definition) is 1. The van der Waals surface area contributed by atoms with Crippen LogP contribution in [0, 0.1) is 13.8 Å². The van der Waals surface area contributed by atoms with E-state index in [-0.39, 0.29) is 17.4 Å². The summed E-state index contributed by atoms with van der Waals surface area (Å²) < 4.78 is 31.9. The van der Waals surface area contributed by atoms with Crippen molar-refractivity contribution in [1.29, 1.82) is 0 Å². The third-order valence-corrected chi connectivity index (χ3v) is 6.67. The first kappa shape index (κ1) is 21.9. The molecule has 1 amide bonds. The minimum absolute atomic E-state index is 0.0725. The maximum absolute atomic E-state index is 12.5. The molecule has 2 aromatic carbocycles. The van der Waals surface area contributed by atoms with E-state index in [0.29, 0.717) is 25.4 Å². The molecule has 0 aliphatic carbocycles. The van der Waals surface area contributed by atoms with Crippen LogP contribution in [0.4, 0.5) is 0 Å². The van der Waals surface area contributed by atoms with Crippen molar-refractivity contribution >= 4 is 15.9 Å². The summed E-state index contributed by atoms with van der Waals surface area (Å²) in [6, 6.07) is 12.3. The quantitative estimate of drug-likeness (QED) is 0.697. The maximum atomic E-state index is 12.5. The van der Waals surface area contributed by atoms with Gasteiger partial charge in [-0.1, -0.05) is 32.0 Å². The highest BCUT2D eigenvalue weighted by atomic mass is 32.2. The zero-order valence-corrected chi connectivity index (χ0v) is 17.7. The van der Waals surface area contributed by atoms with Gasteiger partial charge in [-0.3, -0.25) is 4.79 Å². The van der Waals surface area contributed by atoms with Crippen molar-refractivity contribution < 1.29 is 17.9 Å². The molecule has 1 N–H and O–H groups in total. The Labute approximate surface area is 167 Å². The van der Waals surface area contributed by atoms with Gasteiger partial charge < -0.3 is 10.1 Å². The van der Waals surface area contributed by atoms with E-state index in [1.165, 1.54) is 9.87 Å². The second-order valence-electron chi connectivity index (χ2n) is 6.54. The van der Waals surface area contributed by atoms with E-state index in [1.54, 1.807) is 24.3 Å². The van der Waals surface area contributed by atoms with Crippen molar-refractivity contribution in [3.63, 3.8) is 0 Å². The summed E-state index contributed by atoms with van der Waals surface area (Å²) in [4.78, 5) is 12.3. The summed E-state index contributed by atoms with van der Waals surface area (Å²) in [5, 5.41) is 2.77.